The van der Waals surface area contributed by atoms with E-state index in [0.29, 0.717) is 12.2 Å². The second-order valence-corrected chi connectivity index (χ2v) is 8.06. The van der Waals surface area contributed by atoms with Crippen molar-refractivity contribution in [2.75, 3.05) is 14.2 Å². The van der Waals surface area contributed by atoms with E-state index in [2.05, 4.69) is 29.2 Å². The lowest BCUT2D eigenvalue weighted by atomic mass is 9.79. The van der Waals surface area contributed by atoms with Crippen LogP contribution in [-0.4, -0.2) is 36.1 Å². The summed E-state index contributed by atoms with van der Waals surface area (Å²) < 4.78 is 16.7. The summed E-state index contributed by atoms with van der Waals surface area (Å²) in [7, 11) is 3.30. The number of aliphatic hydroxyl groups excluding tert-OH is 1. The lowest BCUT2D eigenvalue weighted by Gasteiger charge is -2.39. The number of pyridine rings is 1. The lowest BCUT2D eigenvalue weighted by molar-refractivity contribution is -0.0802. The topological polar surface area (TPSA) is 86.8 Å². The molecule has 3 aromatic rings. The van der Waals surface area contributed by atoms with Crippen molar-refractivity contribution in [2.45, 2.75) is 38.0 Å². The minimum atomic E-state index is -1.29. The smallest absolute Gasteiger partial charge is 0.186 e. The van der Waals surface area contributed by atoms with Crippen molar-refractivity contribution in [2.24, 2.45) is 11.7 Å². The predicted molar refractivity (Wildman–Crippen MR) is 140 cm³/mol. The summed E-state index contributed by atoms with van der Waals surface area (Å²) in [5.41, 5.74) is 7.63. The van der Waals surface area contributed by atoms with Crippen LogP contribution in [0.4, 0.5) is 0 Å². The zero-order valence-corrected chi connectivity index (χ0v) is 21.5. The Kier molecular flexibility index (Phi) is 11.6. The molecule has 0 saturated heterocycles. The van der Waals surface area contributed by atoms with Crippen LogP contribution in [0.25, 0.3) is 0 Å². The van der Waals surface area contributed by atoms with Crippen LogP contribution in [0.2, 0.25) is 0 Å². The van der Waals surface area contributed by atoms with Crippen LogP contribution < -0.4 is 19.9 Å². The Morgan fingerprint density at radius 3 is 1.74 bits per heavy atom. The Morgan fingerprint density at radius 2 is 1.35 bits per heavy atom. The van der Waals surface area contributed by atoms with Crippen molar-refractivity contribution in [1.29, 1.82) is 0 Å². The number of benzene rings is 2. The quantitative estimate of drug-likeness (QED) is 0.365. The van der Waals surface area contributed by atoms with E-state index < -0.39 is 11.8 Å². The Hall–Kier alpha value is -2.51. The summed E-state index contributed by atoms with van der Waals surface area (Å²) in [6, 6.07) is 19.6. The largest absolute Gasteiger partial charge is 0.497 e. The molecular formula is C26H34Cl2N2O4. The third kappa shape index (κ3) is 7.00. The number of nitrogens with zero attached hydrogens (tertiary/aromatic N) is 1. The van der Waals surface area contributed by atoms with E-state index in [9.17, 15) is 5.11 Å². The highest BCUT2D eigenvalue weighted by atomic mass is 35.5. The second-order valence-electron chi connectivity index (χ2n) is 8.06. The second kappa shape index (κ2) is 13.4. The zero-order valence-electron chi connectivity index (χ0n) is 19.9. The van der Waals surface area contributed by atoms with E-state index in [1.807, 2.05) is 31.2 Å². The summed E-state index contributed by atoms with van der Waals surface area (Å²) in [5.74, 6) is 1.95. The summed E-state index contributed by atoms with van der Waals surface area (Å²) in [5, 5.41) is 10.6. The van der Waals surface area contributed by atoms with Crippen LogP contribution in [0.1, 0.15) is 37.3 Å². The average Bonchev–Trinajstić information content (AvgIpc) is 2.83. The molecule has 1 heterocycles. The van der Waals surface area contributed by atoms with Gasteiger partial charge >= 0.3 is 0 Å². The minimum Gasteiger partial charge on any atom is -0.497 e. The molecule has 1 aromatic heterocycles. The molecule has 3 atom stereocenters. The maximum absolute atomic E-state index is 10.6. The normalized spacial score (nSPS) is 14.1. The van der Waals surface area contributed by atoms with Gasteiger partial charge in [-0.05, 0) is 60.9 Å². The molecule has 2 aromatic carbocycles. The molecular weight excluding hydrogens is 475 g/mol. The number of aromatic nitrogens is 1. The molecule has 34 heavy (non-hydrogen) atoms. The van der Waals surface area contributed by atoms with Crippen molar-refractivity contribution >= 4 is 24.8 Å². The first-order chi connectivity index (χ1) is 15.4. The van der Waals surface area contributed by atoms with Gasteiger partial charge in [0, 0.05) is 18.0 Å². The van der Waals surface area contributed by atoms with E-state index in [4.69, 9.17) is 19.9 Å². The minimum absolute atomic E-state index is 0. The Bertz CT molecular complexity index is 925. The fraction of sp³-hybridized carbons (Fsp3) is 0.346. The van der Waals surface area contributed by atoms with Crippen molar-refractivity contribution in [1.82, 2.24) is 4.98 Å². The van der Waals surface area contributed by atoms with Crippen LogP contribution in [0.3, 0.4) is 0 Å². The SMILES string of the molecule is COc1ccc(C(C[C@@H](C)C(N)(Oc2cccnc2)C(C)O)c2ccc(OC)cc2)cc1.Cl.Cl. The Labute approximate surface area is 214 Å². The van der Waals surface area contributed by atoms with E-state index in [0.717, 1.165) is 22.6 Å². The number of halogens is 2. The number of aliphatic hydroxyl groups is 1. The third-order valence-corrected chi connectivity index (χ3v) is 5.98. The van der Waals surface area contributed by atoms with Gasteiger partial charge in [-0.3, -0.25) is 10.7 Å². The average molecular weight is 509 g/mol. The maximum Gasteiger partial charge on any atom is 0.186 e. The molecule has 2 unspecified atom stereocenters. The zero-order chi connectivity index (χ0) is 23.1. The van der Waals surface area contributed by atoms with E-state index in [-0.39, 0.29) is 36.6 Å². The number of hydrogen-bond donors (Lipinski definition) is 2. The highest BCUT2D eigenvalue weighted by Gasteiger charge is 2.41. The van der Waals surface area contributed by atoms with Crippen LogP contribution in [0.5, 0.6) is 17.2 Å². The molecule has 0 aliphatic carbocycles. The first-order valence-corrected chi connectivity index (χ1v) is 10.7. The molecule has 0 amide bonds. The third-order valence-electron chi connectivity index (χ3n) is 5.98. The van der Waals surface area contributed by atoms with Gasteiger partial charge in [0.15, 0.2) is 5.72 Å². The number of methoxy groups -OCH3 is 2. The van der Waals surface area contributed by atoms with Crippen LogP contribution in [0, 0.1) is 5.92 Å². The van der Waals surface area contributed by atoms with Crippen molar-refractivity contribution in [3.63, 3.8) is 0 Å². The summed E-state index contributed by atoms with van der Waals surface area (Å²) >= 11 is 0. The molecule has 8 heteroatoms. The van der Waals surface area contributed by atoms with Gasteiger partial charge < -0.3 is 19.3 Å². The van der Waals surface area contributed by atoms with Gasteiger partial charge in [0.2, 0.25) is 0 Å². The molecule has 0 spiro atoms. The fourth-order valence-corrected chi connectivity index (χ4v) is 3.88. The maximum atomic E-state index is 10.6. The number of rotatable bonds is 10. The van der Waals surface area contributed by atoms with Gasteiger partial charge in [0.1, 0.15) is 23.4 Å². The molecule has 0 saturated carbocycles. The molecule has 6 nitrogen and oxygen atoms in total. The van der Waals surface area contributed by atoms with E-state index >= 15 is 0 Å². The molecule has 3 N–H and O–H groups in total. The first-order valence-electron chi connectivity index (χ1n) is 10.7. The fourth-order valence-electron chi connectivity index (χ4n) is 3.88. The molecule has 0 fully saturated rings. The number of hydrogen-bond acceptors (Lipinski definition) is 6. The standard InChI is InChI=1S/C26H32N2O4.2ClH/c1-18(26(27,19(2)29)32-24-6-5-15-28-17-24)16-25(20-7-11-22(30-3)12-8-20)21-9-13-23(31-4)14-10-21;;/h5-15,17-19,25,29H,16,27H2,1-4H3;2*1H/t18-,19?,26?;;/m1../s1. The monoisotopic (exact) mass is 508 g/mol. The van der Waals surface area contributed by atoms with Gasteiger partial charge in [-0.15, -0.1) is 24.8 Å². The predicted octanol–water partition coefficient (Wildman–Crippen LogP) is 5.22. The van der Waals surface area contributed by atoms with E-state index in [1.165, 1.54) is 0 Å². The molecule has 0 bridgehead atoms. The highest BCUT2D eigenvalue weighted by molar-refractivity contribution is 5.85. The molecule has 0 radical (unpaired) electrons. The van der Waals surface area contributed by atoms with Gasteiger partial charge in [-0.2, -0.15) is 0 Å². The van der Waals surface area contributed by atoms with Crippen LogP contribution in [-0.2, 0) is 0 Å². The van der Waals surface area contributed by atoms with Crippen molar-refractivity contribution in [3.05, 3.63) is 84.2 Å². The highest BCUT2D eigenvalue weighted by Crippen LogP contribution is 2.37. The van der Waals surface area contributed by atoms with Gasteiger partial charge in [-0.1, -0.05) is 31.2 Å². The Balaban J connectivity index is 0.00000289. The van der Waals surface area contributed by atoms with Gasteiger partial charge in [0.05, 0.1) is 20.4 Å². The van der Waals surface area contributed by atoms with Crippen molar-refractivity contribution in [3.8, 4) is 17.2 Å². The van der Waals surface area contributed by atoms with Gasteiger partial charge in [-0.25, -0.2) is 0 Å². The van der Waals surface area contributed by atoms with Crippen LogP contribution >= 0.6 is 24.8 Å². The molecule has 0 aliphatic heterocycles. The molecule has 0 aliphatic rings. The summed E-state index contributed by atoms with van der Waals surface area (Å²) in [6.07, 6.45) is 3.02. The van der Waals surface area contributed by atoms with Crippen molar-refractivity contribution < 1.29 is 19.3 Å². The lowest BCUT2D eigenvalue weighted by Crippen LogP contribution is -2.59. The van der Waals surface area contributed by atoms with Crippen LogP contribution in [0.15, 0.2) is 73.1 Å². The van der Waals surface area contributed by atoms with E-state index in [1.54, 1.807) is 45.7 Å². The summed E-state index contributed by atoms with van der Waals surface area (Å²) in [6.45, 7) is 3.66. The Morgan fingerprint density at radius 1 is 0.853 bits per heavy atom. The first kappa shape index (κ1) is 29.5. The summed E-state index contributed by atoms with van der Waals surface area (Å²) in [4.78, 5) is 4.09. The number of ether oxygens (including phenoxy) is 3. The molecule has 3 rings (SSSR count). The molecule has 186 valence electrons. The number of nitrogens with two attached hydrogens (primary N) is 1. The van der Waals surface area contributed by atoms with Gasteiger partial charge in [0.25, 0.3) is 0 Å².